The Kier molecular flexibility index (Phi) is 3.42. The molecule has 1 aromatic rings. The van der Waals surface area contributed by atoms with Crippen molar-refractivity contribution < 1.29 is 0 Å². The van der Waals surface area contributed by atoms with Gasteiger partial charge in [0.25, 0.3) is 0 Å². The number of hydrogen-bond acceptors (Lipinski definition) is 1. The minimum atomic E-state index is 0.267. The van der Waals surface area contributed by atoms with E-state index in [1.54, 1.807) is 0 Å². The Labute approximate surface area is 118 Å². The van der Waals surface area contributed by atoms with Gasteiger partial charge in [-0.3, -0.25) is 4.90 Å². The summed E-state index contributed by atoms with van der Waals surface area (Å²) in [4.78, 5) is 2.67. The van der Waals surface area contributed by atoms with Crippen LogP contribution in [-0.4, -0.2) is 18.0 Å². The highest BCUT2D eigenvalue weighted by molar-refractivity contribution is 5.27. The molecule has 1 saturated carbocycles. The van der Waals surface area contributed by atoms with Gasteiger partial charge in [-0.15, -0.1) is 0 Å². The summed E-state index contributed by atoms with van der Waals surface area (Å²) >= 11 is 0. The second kappa shape index (κ2) is 4.94. The van der Waals surface area contributed by atoms with Crippen molar-refractivity contribution in [1.82, 2.24) is 4.90 Å². The number of rotatable bonds is 2. The molecule has 3 rings (SSSR count). The number of likely N-dealkylation sites (tertiary alicyclic amines) is 1. The molecule has 1 heteroatoms. The van der Waals surface area contributed by atoms with E-state index < -0.39 is 0 Å². The van der Waals surface area contributed by atoms with Crippen LogP contribution in [0.15, 0.2) is 24.3 Å². The molecule has 1 saturated heterocycles. The number of benzene rings is 1. The SMILES string of the molecule is CC(C)(C)c1ccc(CN2CC3CCCC3C2)cc1. The van der Waals surface area contributed by atoms with Crippen molar-refractivity contribution in [2.24, 2.45) is 11.8 Å². The summed E-state index contributed by atoms with van der Waals surface area (Å²) in [6.07, 6.45) is 4.43. The van der Waals surface area contributed by atoms with Gasteiger partial charge in [0.05, 0.1) is 0 Å². The molecule has 0 amide bonds. The van der Waals surface area contributed by atoms with Gasteiger partial charge in [-0.2, -0.15) is 0 Å². The molecule has 2 aliphatic rings. The zero-order chi connectivity index (χ0) is 13.5. The van der Waals surface area contributed by atoms with Crippen LogP contribution in [-0.2, 0) is 12.0 Å². The highest BCUT2D eigenvalue weighted by Crippen LogP contribution is 2.38. The van der Waals surface area contributed by atoms with Gasteiger partial charge in [0.15, 0.2) is 0 Å². The molecule has 2 atom stereocenters. The molecular formula is C18H27N. The van der Waals surface area contributed by atoms with Crippen LogP contribution in [0, 0.1) is 11.8 Å². The van der Waals surface area contributed by atoms with E-state index in [2.05, 4.69) is 49.9 Å². The summed E-state index contributed by atoms with van der Waals surface area (Å²) in [5, 5.41) is 0. The molecule has 1 aliphatic heterocycles. The zero-order valence-electron chi connectivity index (χ0n) is 12.7. The first-order chi connectivity index (χ1) is 9.02. The van der Waals surface area contributed by atoms with Crippen LogP contribution in [0.3, 0.4) is 0 Å². The molecule has 2 unspecified atom stereocenters. The molecule has 1 heterocycles. The smallest absolute Gasteiger partial charge is 0.0233 e. The average molecular weight is 257 g/mol. The molecule has 0 N–H and O–H groups in total. The van der Waals surface area contributed by atoms with Crippen molar-refractivity contribution in [3.05, 3.63) is 35.4 Å². The Bertz CT molecular complexity index is 414. The van der Waals surface area contributed by atoms with Crippen LogP contribution in [0.4, 0.5) is 0 Å². The van der Waals surface area contributed by atoms with Crippen molar-refractivity contribution in [3.8, 4) is 0 Å². The van der Waals surface area contributed by atoms with E-state index in [9.17, 15) is 0 Å². The standard InChI is InChI=1S/C18H27N/c1-18(2,3)17-9-7-14(8-10-17)11-19-12-15-5-4-6-16(15)13-19/h7-10,15-16H,4-6,11-13H2,1-3H3. The molecule has 19 heavy (non-hydrogen) atoms. The number of hydrogen-bond donors (Lipinski definition) is 0. The van der Waals surface area contributed by atoms with Crippen LogP contribution in [0.5, 0.6) is 0 Å². The summed E-state index contributed by atoms with van der Waals surface area (Å²) in [6.45, 7) is 10.7. The van der Waals surface area contributed by atoms with Gasteiger partial charge >= 0.3 is 0 Å². The van der Waals surface area contributed by atoms with Crippen molar-refractivity contribution in [2.45, 2.75) is 52.0 Å². The number of nitrogens with zero attached hydrogens (tertiary/aromatic N) is 1. The summed E-state index contributed by atoms with van der Waals surface area (Å²) in [5.41, 5.74) is 3.19. The quantitative estimate of drug-likeness (QED) is 0.767. The molecule has 1 aromatic carbocycles. The van der Waals surface area contributed by atoms with E-state index in [0.717, 1.165) is 18.4 Å². The van der Waals surface area contributed by atoms with Crippen LogP contribution in [0.1, 0.15) is 51.2 Å². The number of fused-ring (bicyclic) bond motifs is 1. The van der Waals surface area contributed by atoms with E-state index in [1.165, 1.54) is 43.5 Å². The van der Waals surface area contributed by atoms with Gasteiger partial charge in [-0.05, 0) is 41.2 Å². The van der Waals surface area contributed by atoms with Crippen LogP contribution < -0.4 is 0 Å². The maximum absolute atomic E-state index is 2.67. The van der Waals surface area contributed by atoms with Gasteiger partial charge in [0.1, 0.15) is 0 Å². The van der Waals surface area contributed by atoms with Crippen LogP contribution >= 0.6 is 0 Å². The fourth-order valence-corrected chi connectivity index (χ4v) is 3.83. The Morgan fingerprint density at radius 1 is 1.00 bits per heavy atom. The van der Waals surface area contributed by atoms with Gasteiger partial charge in [0, 0.05) is 19.6 Å². The monoisotopic (exact) mass is 257 g/mol. The molecule has 0 aromatic heterocycles. The van der Waals surface area contributed by atoms with Crippen LogP contribution in [0.2, 0.25) is 0 Å². The average Bonchev–Trinajstić information content (AvgIpc) is 2.89. The predicted octanol–water partition coefficient (Wildman–Crippen LogP) is 4.22. The van der Waals surface area contributed by atoms with E-state index in [-0.39, 0.29) is 5.41 Å². The third-order valence-corrected chi connectivity index (χ3v) is 5.03. The molecule has 1 aliphatic carbocycles. The summed E-state index contributed by atoms with van der Waals surface area (Å²) in [5.74, 6) is 2.02. The first-order valence-electron chi connectivity index (χ1n) is 7.84. The lowest BCUT2D eigenvalue weighted by molar-refractivity contribution is 0.303. The molecule has 1 nitrogen and oxygen atoms in total. The second-order valence-electron chi connectivity index (χ2n) is 7.59. The Hall–Kier alpha value is -0.820. The fourth-order valence-electron chi connectivity index (χ4n) is 3.83. The molecule has 0 bridgehead atoms. The van der Waals surface area contributed by atoms with Gasteiger partial charge < -0.3 is 0 Å². The zero-order valence-corrected chi connectivity index (χ0v) is 12.7. The van der Waals surface area contributed by atoms with Crippen molar-refractivity contribution in [2.75, 3.05) is 13.1 Å². The topological polar surface area (TPSA) is 3.24 Å². The summed E-state index contributed by atoms with van der Waals surface area (Å²) in [6, 6.07) is 9.28. The maximum atomic E-state index is 2.67. The summed E-state index contributed by atoms with van der Waals surface area (Å²) in [7, 11) is 0. The lowest BCUT2D eigenvalue weighted by Gasteiger charge is -2.21. The second-order valence-corrected chi connectivity index (χ2v) is 7.59. The fraction of sp³-hybridized carbons (Fsp3) is 0.667. The Morgan fingerprint density at radius 3 is 2.11 bits per heavy atom. The Morgan fingerprint density at radius 2 is 1.58 bits per heavy atom. The van der Waals surface area contributed by atoms with Gasteiger partial charge in [0.2, 0.25) is 0 Å². The van der Waals surface area contributed by atoms with E-state index >= 15 is 0 Å². The third-order valence-electron chi connectivity index (χ3n) is 5.03. The predicted molar refractivity (Wildman–Crippen MR) is 81.3 cm³/mol. The first kappa shape index (κ1) is 13.2. The largest absolute Gasteiger partial charge is 0.299 e. The maximum Gasteiger partial charge on any atom is 0.0233 e. The van der Waals surface area contributed by atoms with Crippen LogP contribution in [0.25, 0.3) is 0 Å². The summed E-state index contributed by atoms with van der Waals surface area (Å²) < 4.78 is 0. The van der Waals surface area contributed by atoms with Crippen molar-refractivity contribution in [1.29, 1.82) is 0 Å². The molecule has 104 valence electrons. The Balaban J connectivity index is 1.62. The lowest BCUT2D eigenvalue weighted by atomic mass is 9.87. The minimum absolute atomic E-state index is 0.267. The van der Waals surface area contributed by atoms with Crippen molar-refractivity contribution in [3.63, 3.8) is 0 Å². The van der Waals surface area contributed by atoms with E-state index in [4.69, 9.17) is 0 Å². The minimum Gasteiger partial charge on any atom is -0.299 e. The van der Waals surface area contributed by atoms with Gasteiger partial charge in [-0.25, -0.2) is 0 Å². The first-order valence-corrected chi connectivity index (χ1v) is 7.84. The highest BCUT2D eigenvalue weighted by Gasteiger charge is 2.35. The van der Waals surface area contributed by atoms with Gasteiger partial charge in [-0.1, -0.05) is 51.5 Å². The highest BCUT2D eigenvalue weighted by atomic mass is 15.2. The van der Waals surface area contributed by atoms with E-state index in [1.807, 2.05) is 0 Å². The third kappa shape index (κ3) is 2.86. The normalized spacial score (nSPS) is 27.7. The molecular weight excluding hydrogens is 230 g/mol. The lowest BCUT2D eigenvalue weighted by Crippen LogP contribution is -2.21. The molecule has 0 radical (unpaired) electrons. The molecule has 0 spiro atoms. The van der Waals surface area contributed by atoms with Crippen molar-refractivity contribution >= 4 is 0 Å². The molecule has 2 fully saturated rings. The van der Waals surface area contributed by atoms with E-state index in [0.29, 0.717) is 0 Å².